The standard InChI is InChI=1S/C13H22N2OS/c1-9(2)13-11(8-14)17-12(15-13)7-10-5-3-4-6-16-10/h9-10H,3-8,14H2,1-2H3. The number of nitrogens with two attached hydrogens (primary N) is 1. The van der Waals surface area contributed by atoms with Crippen molar-refractivity contribution in [3.63, 3.8) is 0 Å². The zero-order valence-corrected chi connectivity index (χ0v) is 11.6. The molecule has 1 fully saturated rings. The lowest BCUT2D eigenvalue weighted by molar-refractivity contribution is 0.0167. The van der Waals surface area contributed by atoms with E-state index in [1.54, 1.807) is 11.3 Å². The molecule has 1 atom stereocenters. The number of hydrogen-bond donors (Lipinski definition) is 1. The van der Waals surface area contributed by atoms with Gasteiger partial charge in [-0.05, 0) is 25.2 Å². The van der Waals surface area contributed by atoms with Crippen molar-refractivity contribution >= 4 is 11.3 Å². The van der Waals surface area contributed by atoms with Crippen LogP contribution in [0, 0.1) is 0 Å². The lowest BCUT2D eigenvalue weighted by Gasteiger charge is -2.21. The molecule has 2 rings (SSSR count). The Morgan fingerprint density at radius 3 is 2.82 bits per heavy atom. The molecule has 1 aromatic rings. The number of ether oxygens (including phenoxy) is 1. The Hall–Kier alpha value is -0.450. The first-order chi connectivity index (χ1) is 8.20. The highest BCUT2D eigenvalue weighted by atomic mass is 32.1. The van der Waals surface area contributed by atoms with Crippen LogP contribution in [0.2, 0.25) is 0 Å². The van der Waals surface area contributed by atoms with Crippen molar-refractivity contribution in [2.45, 2.75) is 58.1 Å². The van der Waals surface area contributed by atoms with E-state index >= 15 is 0 Å². The first kappa shape index (κ1) is 13.0. The highest BCUT2D eigenvalue weighted by Crippen LogP contribution is 2.27. The largest absolute Gasteiger partial charge is 0.378 e. The maximum atomic E-state index is 5.77. The summed E-state index contributed by atoms with van der Waals surface area (Å²) < 4.78 is 5.76. The van der Waals surface area contributed by atoms with Gasteiger partial charge in [0, 0.05) is 24.4 Å². The molecule has 0 aromatic carbocycles. The molecule has 0 spiro atoms. The van der Waals surface area contributed by atoms with E-state index in [1.165, 1.54) is 34.8 Å². The Kier molecular flexibility index (Phi) is 4.54. The van der Waals surface area contributed by atoms with Crippen LogP contribution in [0.25, 0.3) is 0 Å². The fourth-order valence-corrected chi connectivity index (χ4v) is 3.43. The second-order valence-corrected chi connectivity index (χ2v) is 6.14. The Labute approximate surface area is 107 Å². The van der Waals surface area contributed by atoms with Gasteiger partial charge < -0.3 is 10.5 Å². The van der Waals surface area contributed by atoms with Gasteiger partial charge in [0.15, 0.2) is 0 Å². The molecule has 2 N–H and O–H groups in total. The van der Waals surface area contributed by atoms with E-state index in [0.717, 1.165) is 13.0 Å². The highest BCUT2D eigenvalue weighted by molar-refractivity contribution is 7.11. The molecular weight excluding hydrogens is 232 g/mol. The third-order valence-electron chi connectivity index (χ3n) is 3.18. The molecule has 0 bridgehead atoms. The third kappa shape index (κ3) is 3.27. The van der Waals surface area contributed by atoms with Gasteiger partial charge in [0.05, 0.1) is 16.8 Å². The predicted molar refractivity (Wildman–Crippen MR) is 71.4 cm³/mol. The second-order valence-electron chi connectivity index (χ2n) is 4.97. The summed E-state index contributed by atoms with van der Waals surface area (Å²) in [5.41, 5.74) is 6.96. The zero-order chi connectivity index (χ0) is 12.3. The Bertz CT molecular complexity index is 356. The van der Waals surface area contributed by atoms with Gasteiger partial charge in [0.2, 0.25) is 0 Å². The van der Waals surface area contributed by atoms with Crippen LogP contribution in [-0.2, 0) is 17.7 Å². The van der Waals surface area contributed by atoms with Gasteiger partial charge in [-0.1, -0.05) is 13.8 Å². The van der Waals surface area contributed by atoms with Crippen molar-refractivity contribution < 1.29 is 4.74 Å². The van der Waals surface area contributed by atoms with E-state index in [0.29, 0.717) is 18.6 Å². The molecule has 0 radical (unpaired) electrons. The number of hydrogen-bond acceptors (Lipinski definition) is 4. The molecular formula is C13H22N2OS. The molecule has 0 saturated carbocycles. The maximum absolute atomic E-state index is 5.77. The van der Waals surface area contributed by atoms with Crippen molar-refractivity contribution in [2.24, 2.45) is 5.73 Å². The Morgan fingerprint density at radius 2 is 2.29 bits per heavy atom. The molecule has 1 aromatic heterocycles. The average molecular weight is 254 g/mol. The Morgan fingerprint density at radius 1 is 1.47 bits per heavy atom. The normalized spacial score (nSPS) is 21.1. The van der Waals surface area contributed by atoms with Crippen LogP contribution < -0.4 is 5.73 Å². The van der Waals surface area contributed by atoms with Crippen LogP contribution in [0.1, 0.15) is 54.6 Å². The summed E-state index contributed by atoms with van der Waals surface area (Å²) in [5.74, 6) is 0.464. The molecule has 0 amide bonds. The number of aromatic nitrogens is 1. The number of thiazole rings is 1. The Balaban J connectivity index is 2.05. The molecule has 4 heteroatoms. The molecule has 1 aliphatic heterocycles. The summed E-state index contributed by atoms with van der Waals surface area (Å²) in [7, 11) is 0. The molecule has 1 saturated heterocycles. The van der Waals surface area contributed by atoms with E-state index in [2.05, 4.69) is 13.8 Å². The van der Waals surface area contributed by atoms with Crippen LogP contribution in [0.15, 0.2) is 0 Å². The van der Waals surface area contributed by atoms with Gasteiger partial charge in [-0.25, -0.2) is 4.98 Å². The SMILES string of the molecule is CC(C)c1nc(CC2CCCCO2)sc1CN. The average Bonchev–Trinajstić information content (AvgIpc) is 2.73. The van der Waals surface area contributed by atoms with Gasteiger partial charge in [0.25, 0.3) is 0 Å². The summed E-state index contributed by atoms with van der Waals surface area (Å²) in [6.07, 6.45) is 5.01. The first-order valence-corrected chi connectivity index (χ1v) is 7.32. The van der Waals surface area contributed by atoms with Crippen molar-refractivity contribution in [3.8, 4) is 0 Å². The topological polar surface area (TPSA) is 48.1 Å². The molecule has 1 aliphatic rings. The van der Waals surface area contributed by atoms with Gasteiger partial charge >= 0.3 is 0 Å². The van der Waals surface area contributed by atoms with Crippen molar-refractivity contribution in [1.82, 2.24) is 4.98 Å². The van der Waals surface area contributed by atoms with Crippen molar-refractivity contribution in [2.75, 3.05) is 6.61 Å². The lowest BCUT2D eigenvalue weighted by Crippen LogP contribution is -2.21. The zero-order valence-electron chi connectivity index (χ0n) is 10.7. The summed E-state index contributed by atoms with van der Waals surface area (Å²) in [4.78, 5) is 5.97. The quantitative estimate of drug-likeness (QED) is 0.898. The number of rotatable bonds is 4. The van der Waals surface area contributed by atoms with Crippen LogP contribution >= 0.6 is 11.3 Å². The van der Waals surface area contributed by atoms with E-state index in [-0.39, 0.29) is 0 Å². The minimum atomic E-state index is 0.375. The summed E-state index contributed by atoms with van der Waals surface area (Å²) in [6.45, 7) is 5.87. The molecule has 96 valence electrons. The minimum Gasteiger partial charge on any atom is -0.378 e. The van der Waals surface area contributed by atoms with Gasteiger partial charge in [-0.2, -0.15) is 0 Å². The molecule has 3 nitrogen and oxygen atoms in total. The molecule has 1 unspecified atom stereocenters. The smallest absolute Gasteiger partial charge is 0.0957 e. The van der Waals surface area contributed by atoms with Crippen molar-refractivity contribution in [3.05, 3.63) is 15.6 Å². The van der Waals surface area contributed by atoms with Crippen LogP contribution in [-0.4, -0.2) is 17.7 Å². The van der Waals surface area contributed by atoms with Crippen LogP contribution in [0.5, 0.6) is 0 Å². The maximum Gasteiger partial charge on any atom is 0.0957 e. The first-order valence-electron chi connectivity index (χ1n) is 6.51. The van der Waals surface area contributed by atoms with Gasteiger partial charge in [-0.3, -0.25) is 0 Å². The van der Waals surface area contributed by atoms with E-state index in [9.17, 15) is 0 Å². The van der Waals surface area contributed by atoms with Gasteiger partial charge in [0.1, 0.15) is 0 Å². The van der Waals surface area contributed by atoms with Crippen LogP contribution in [0.4, 0.5) is 0 Å². The fraction of sp³-hybridized carbons (Fsp3) is 0.769. The predicted octanol–water partition coefficient (Wildman–Crippen LogP) is 2.84. The third-order valence-corrected chi connectivity index (χ3v) is 4.30. The monoisotopic (exact) mass is 254 g/mol. The van der Waals surface area contributed by atoms with E-state index < -0.39 is 0 Å². The summed E-state index contributed by atoms with van der Waals surface area (Å²) >= 11 is 1.77. The molecule has 17 heavy (non-hydrogen) atoms. The molecule has 2 heterocycles. The molecule has 0 aliphatic carbocycles. The highest BCUT2D eigenvalue weighted by Gasteiger charge is 2.19. The fourth-order valence-electron chi connectivity index (χ4n) is 2.26. The lowest BCUT2D eigenvalue weighted by atomic mass is 10.1. The van der Waals surface area contributed by atoms with Gasteiger partial charge in [-0.15, -0.1) is 11.3 Å². The van der Waals surface area contributed by atoms with E-state index in [1.807, 2.05) is 0 Å². The van der Waals surface area contributed by atoms with E-state index in [4.69, 9.17) is 15.5 Å². The van der Waals surface area contributed by atoms with Crippen LogP contribution in [0.3, 0.4) is 0 Å². The second kappa shape index (κ2) is 5.94. The minimum absolute atomic E-state index is 0.375. The summed E-state index contributed by atoms with van der Waals surface area (Å²) in [6, 6.07) is 0. The van der Waals surface area contributed by atoms with Crippen molar-refractivity contribution in [1.29, 1.82) is 0 Å². The number of nitrogens with zero attached hydrogens (tertiary/aromatic N) is 1. The summed E-state index contributed by atoms with van der Waals surface area (Å²) in [5, 5.41) is 1.20.